The second kappa shape index (κ2) is 44.8. The van der Waals surface area contributed by atoms with Gasteiger partial charge in [-0.3, -0.25) is 62.7 Å². The molecular weight excluding hydrogens is 1100 g/mol. The molecule has 0 aliphatic heterocycles. The molecule has 0 aliphatic carbocycles. The summed E-state index contributed by atoms with van der Waals surface area (Å²) < 4.78 is 0. The number of aliphatic hydroxyl groups excluding tert-OH is 4. The van der Waals surface area contributed by atoms with Gasteiger partial charge >= 0.3 is 5.97 Å². The number of nitrogens with one attached hydrogen (secondary N) is 4. The molecule has 0 aromatic carbocycles. The lowest BCUT2D eigenvalue weighted by molar-refractivity contribution is -0.139. The summed E-state index contributed by atoms with van der Waals surface area (Å²) in [5.74, 6) is -16.0. The number of aliphatic hydroxyl groups is 4. The third-order valence-electron chi connectivity index (χ3n) is 14.3. The molecule has 28 nitrogen and oxygen atoms in total. The van der Waals surface area contributed by atoms with Gasteiger partial charge in [-0.2, -0.15) is 0 Å². The van der Waals surface area contributed by atoms with E-state index in [1.54, 1.807) is 0 Å². The summed E-state index contributed by atoms with van der Waals surface area (Å²) in [6, 6.07) is -6.29. The Morgan fingerprint density at radius 1 is 0.429 bits per heavy atom. The van der Waals surface area contributed by atoms with Crippen LogP contribution in [0.3, 0.4) is 0 Å². The van der Waals surface area contributed by atoms with Crippen LogP contribution in [0.4, 0.5) is 0 Å². The second-order valence-corrected chi connectivity index (χ2v) is 21.7. The number of primary amides is 2. The first-order valence-corrected chi connectivity index (χ1v) is 29.5. The minimum absolute atomic E-state index is 0.0429. The fourth-order valence-electron chi connectivity index (χ4n) is 9.29. The highest BCUT2D eigenvalue weighted by molar-refractivity contribution is 5.98. The number of Topliss-reactive ketones (excluding diaryl/α,β-unsaturated/α-hetero) is 4. The molecule has 0 fully saturated rings. The quantitative estimate of drug-likeness (QED) is 0.0201. The van der Waals surface area contributed by atoms with Crippen molar-refractivity contribution in [1.29, 1.82) is 0 Å². The fraction of sp³-hybridized carbons (Fsp3) is 0.768. The number of guanidine groups is 2. The number of ketones is 4. The number of carbonyl (C=O) groups excluding carboxylic acids is 10. The van der Waals surface area contributed by atoms with E-state index in [1.807, 2.05) is 0 Å². The van der Waals surface area contributed by atoms with Gasteiger partial charge in [-0.05, 0) is 58.8 Å². The summed E-state index contributed by atoms with van der Waals surface area (Å²) in [6.45, 7) is 2.50. The summed E-state index contributed by atoms with van der Waals surface area (Å²) in [6.07, 6.45) is 7.42. The van der Waals surface area contributed by atoms with E-state index in [1.165, 1.54) is 58.3 Å². The summed E-state index contributed by atoms with van der Waals surface area (Å²) in [4.78, 5) is 152. The van der Waals surface area contributed by atoms with Crippen molar-refractivity contribution in [1.82, 2.24) is 21.3 Å². The zero-order valence-corrected chi connectivity index (χ0v) is 49.6. The second-order valence-electron chi connectivity index (χ2n) is 21.7. The van der Waals surface area contributed by atoms with Crippen LogP contribution in [0.25, 0.3) is 0 Å². The van der Waals surface area contributed by atoms with Crippen LogP contribution in [0, 0.1) is 23.7 Å². The average molecular weight is 1200 g/mol. The Morgan fingerprint density at radius 3 is 1.27 bits per heavy atom. The highest BCUT2D eigenvalue weighted by Crippen LogP contribution is 2.21. The van der Waals surface area contributed by atoms with Gasteiger partial charge in [0.1, 0.15) is 18.1 Å². The standard InChI is InChI=1S/C56H100N12O16/c1-4-5-6-7-8-9-10-11-12-13-14-15-16-21-47(78)65-40(20-18-27-64-56(61)62)42(73)29-38(22-24-46(57)77)53(83)67-50(35(3)72)45(76)30-37(19-17-26-63-55(59)60)52(82)66-41(33-70)43(74)31-39(32-69)54(84)68-49(34(2)71)44(75)28-36(51(58)81)23-25-48(79)80/h34-41,49-50,69-72H,4-33H2,1-3H3,(H2,57,77)(H2,58,81)(H,65,78)(H,66,82)(H,67,83)(H,68,84)(H,79,80)(H4,59,60,63)(H4,61,62,64)/t34-,35-,36-,37-,38-,39+,40+,41+,49+,50+/m1/s1. The third-order valence-corrected chi connectivity index (χ3v) is 14.3. The molecule has 0 aromatic rings. The van der Waals surface area contributed by atoms with Crippen LogP contribution in [0.2, 0.25) is 0 Å². The van der Waals surface area contributed by atoms with Crippen molar-refractivity contribution in [2.24, 2.45) is 68.1 Å². The molecule has 21 N–H and O–H groups in total. The molecule has 0 aliphatic rings. The lowest BCUT2D eigenvalue weighted by Crippen LogP contribution is -2.52. The van der Waals surface area contributed by atoms with Gasteiger partial charge in [0, 0.05) is 75.8 Å². The van der Waals surface area contributed by atoms with Crippen molar-refractivity contribution >= 4 is 76.5 Å². The number of carboxylic acids is 1. The molecule has 480 valence electrons. The summed E-state index contributed by atoms with van der Waals surface area (Å²) in [5.41, 5.74) is 32.7. The number of carboxylic acid groups (broad SMARTS) is 1. The maximum atomic E-state index is 14.1. The van der Waals surface area contributed by atoms with Crippen molar-refractivity contribution in [2.45, 2.75) is 224 Å². The molecule has 0 heterocycles. The van der Waals surface area contributed by atoms with Crippen LogP contribution >= 0.6 is 0 Å². The van der Waals surface area contributed by atoms with E-state index in [0.29, 0.717) is 6.42 Å². The molecule has 0 saturated carbocycles. The first-order valence-electron chi connectivity index (χ1n) is 29.5. The molecule has 84 heavy (non-hydrogen) atoms. The molecule has 0 aromatic heterocycles. The molecule has 0 radical (unpaired) electrons. The van der Waals surface area contributed by atoms with Crippen LogP contribution < -0.4 is 55.7 Å². The number of amides is 6. The lowest BCUT2D eigenvalue weighted by Gasteiger charge is -2.27. The van der Waals surface area contributed by atoms with Gasteiger partial charge in [-0.15, -0.1) is 0 Å². The fourth-order valence-corrected chi connectivity index (χ4v) is 9.29. The van der Waals surface area contributed by atoms with Gasteiger partial charge in [-0.25, -0.2) is 0 Å². The summed E-state index contributed by atoms with van der Waals surface area (Å²) >= 11 is 0. The molecule has 0 rings (SSSR count). The van der Waals surface area contributed by atoms with Crippen LogP contribution in [0.1, 0.15) is 188 Å². The van der Waals surface area contributed by atoms with Crippen LogP contribution in [0.15, 0.2) is 9.98 Å². The minimum Gasteiger partial charge on any atom is -0.481 e. The summed E-state index contributed by atoms with van der Waals surface area (Å²) in [7, 11) is 0. The van der Waals surface area contributed by atoms with E-state index >= 15 is 0 Å². The first-order chi connectivity index (χ1) is 39.7. The monoisotopic (exact) mass is 1200 g/mol. The molecule has 0 spiro atoms. The normalized spacial score (nSPS) is 14.8. The Morgan fingerprint density at radius 2 is 0.833 bits per heavy atom. The Bertz CT molecular complexity index is 2140. The summed E-state index contributed by atoms with van der Waals surface area (Å²) in [5, 5.41) is 60.5. The molecule has 10 atom stereocenters. The number of hydrogen-bond acceptors (Lipinski definition) is 17. The third kappa shape index (κ3) is 35.5. The van der Waals surface area contributed by atoms with Crippen LogP contribution in [0.5, 0.6) is 0 Å². The highest BCUT2D eigenvalue weighted by Gasteiger charge is 2.37. The van der Waals surface area contributed by atoms with Crippen LogP contribution in [-0.4, -0.2) is 165 Å². The van der Waals surface area contributed by atoms with E-state index in [9.17, 15) is 73.2 Å². The van der Waals surface area contributed by atoms with Crippen molar-refractivity contribution in [3.8, 4) is 0 Å². The number of nitrogens with zero attached hydrogens (tertiary/aromatic N) is 2. The van der Waals surface area contributed by atoms with Crippen LogP contribution in [-0.2, 0) is 52.7 Å². The van der Waals surface area contributed by atoms with Gasteiger partial charge < -0.3 is 81.2 Å². The molecular formula is C56H100N12O16. The highest BCUT2D eigenvalue weighted by atomic mass is 16.4. The number of carbonyl (C=O) groups is 11. The molecule has 6 amide bonds. The van der Waals surface area contributed by atoms with Crippen molar-refractivity contribution in [2.75, 3.05) is 26.3 Å². The number of rotatable bonds is 52. The number of hydrogen-bond donors (Lipinski definition) is 15. The Labute approximate surface area is 493 Å². The number of unbranched alkanes of at least 4 members (excludes halogenated alkanes) is 12. The zero-order valence-electron chi connectivity index (χ0n) is 49.6. The van der Waals surface area contributed by atoms with Crippen molar-refractivity contribution in [3.05, 3.63) is 0 Å². The van der Waals surface area contributed by atoms with Gasteiger partial charge in [0.15, 0.2) is 35.1 Å². The minimum atomic E-state index is -1.76. The zero-order chi connectivity index (χ0) is 63.7. The first kappa shape index (κ1) is 77.3. The van der Waals surface area contributed by atoms with Gasteiger partial charge in [0.25, 0.3) is 0 Å². The lowest BCUT2D eigenvalue weighted by atomic mass is 9.89. The van der Waals surface area contributed by atoms with Gasteiger partial charge in [0.2, 0.25) is 35.4 Å². The molecule has 28 heteroatoms. The molecule has 0 bridgehead atoms. The van der Waals surface area contributed by atoms with Crippen molar-refractivity contribution in [3.63, 3.8) is 0 Å². The smallest absolute Gasteiger partial charge is 0.303 e. The molecule has 0 saturated heterocycles. The Hall–Kier alpha value is -6.65. The van der Waals surface area contributed by atoms with Crippen molar-refractivity contribution < 1.29 is 78.3 Å². The van der Waals surface area contributed by atoms with E-state index in [2.05, 4.69) is 38.2 Å². The predicted octanol–water partition coefficient (Wildman–Crippen LogP) is -0.823. The largest absolute Gasteiger partial charge is 0.481 e. The number of nitrogens with two attached hydrogens (primary N) is 6. The van der Waals surface area contributed by atoms with Gasteiger partial charge in [0.05, 0.1) is 37.4 Å². The number of aliphatic carboxylic acids is 1. The van der Waals surface area contributed by atoms with E-state index < -0.39 is 164 Å². The number of aliphatic imine (C=N–C) groups is 2. The maximum absolute atomic E-state index is 14.1. The topological polar surface area (TPSA) is 518 Å². The SMILES string of the molecule is CCCCCCCCCCCCCCCC(=O)N[C@@H](CCCN=C(N)N)C(=O)C[C@@H](CCC(N)=O)C(=O)N[C@H](C(=O)C[C@@H](CCCN=C(N)N)C(=O)N[C@@H](CO)C(=O)C[C@@H](CO)C(=O)N[C@H](C(=O)C[C@@H](CCC(=O)O)C(N)=O)[C@@H](C)O)[C@@H](C)O. The van der Waals surface area contributed by atoms with E-state index in [0.717, 1.165) is 32.6 Å². The Kier molecular flexibility index (Phi) is 41.3. The predicted molar refractivity (Wildman–Crippen MR) is 312 cm³/mol. The van der Waals surface area contributed by atoms with E-state index in [4.69, 9.17) is 39.5 Å². The van der Waals surface area contributed by atoms with Gasteiger partial charge in [-0.1, -0.05) is 84.0 Å². The van der Waals surface area contributed by atoms with E-state index in [-0.39, 0.29) is 82.3 Å². The molecule has 0 unspecified atom stereocenters. The average Bonchev–Trinajstić information content (AvgIpc) is 3.59. The maximum Gasteiger partial charge on any atom is 0.303 e. The Balaban J connectivity index is 6.32.